The van der Waals surface area contributed by atoms with Gasteiger partial charge in [0.1, 0.15) is 5.75 Å². The van der Waals surface area contributed by atoms with Gasteiger partial charge in [-0.3, -0.25) is 14.5 Å². The molecule has 0 aliphatic carbocycles. The van der Waals surface area contributed by atoms with Crippen LogP contribution in [0.2, 0.25) is 0 Å². The normalized spacial score (nSPS) is 18.7. The number of aryl methyl sites for hydroxylation is 2. The molecule has 1 fully saturated rings. The van der Waals surface area contributed by atoms with Crippen LogP contribution in [-0.4, -0.2) is 54.6 Å². The summed E-state index contributed by atoms with van der Waals surface area (Å²) in [6.45, 7) is 6.69. The molecule has 188 valence electrons. The number of rotatable bonds is 7. The lowest BCUT2D eigenvalue weighted by Gasteiger charge is -2.40. The fourth-order valence-corrected chi connectivity index (χ4v) is 6.61. The van der Waals surface area contributed by atoms with Crippen LogP contribution >= 0.6 is 11.3 Å². The van der Waals surface area contributed by atoms with Gasteiger partial charge in [0.25, 0.3) is 5.56 Å². The number of pyridine rings is 1. The van der Waals surface area contributed by atoms with Crippen LogP contribution in [0.4, 0.5) is 0 Å². The van der Waals surface area contributed by atoms with Crippen molar-refractivity contribution in [1.82, 2.24) is 14.4 Å². The van der Waals surface area contributed by atoms with E-state index in [1.807, 2.05) is 33.4 Å². The number of fused-ring (bicyclic) bond motifs is 1. The van der Waals surface area contributed by atoms with Crippen LogP contribution in [0.3, 0.4) is 0 Å². The van der Waals surface area contributed by atoms with Crippen LogP contribution in [0.1, 0.15) is 43.6 Å². The van der Waals surface area contributed by atoms with Gasteiger partial charge in [0.05, 0.1) is 17.9 Å². The Morgan fingerprint density at radius 1 is 1.26 bits per heavy atom. The van der Waals surface area contributed by atoms with Gasteiger partial charge in [-0.2, -0.15) is 0 Å². The maximum absolute atomic E-state index is 13.0. The molecule has 0 saturated carbocycles. The standard InChI is InChI=1S/C28H37N3O3S/c1-7-9-19-10-11-20(14-24(19)34-6)23-17-30(5)26(32)22-15-21(35-25(22)23)16-31-13-8-12-28(2,18-31)27(33)29(3)4/h10-11,14-15,17H,7-9,12-13,16,18H2,1-6H3. The number of carbonyl (C=O) groups excluding carboxylic acids is 1. The quantitative estimate of drug-likeness (QED) is 0.467. The van der Waals surface area contributed by atoms with Crippen molar-refractivity contribution in [2.24, 2.45) is 12.5 Å². The van der Waals surface area contributed by atoms with Gasteiger partial charge in [-0.25, -0.2) is 0 Å². The third-order valence-electron chi connectivity index (χ3n) is 7.10. The second-order valence-electron chi connectivity index (χ2n) is 10.3. The Bertz CT molecular complexity index is 1290. The Hall–Kier alpha value is -2.64. The zero-order valence-electron chi connectivity index (χ0n) is 21.8. The largest absolute Gasteiger partial charge is 0.496 e. The van der Waals surface area contributed by atoms with Crippen LogP contribution in [-0.2, 0) is 24.8 Å². The lowest BCUT2D eigenvalue weighted by Crippen LogP contribution is -2.49. The molecular weight excluding hydrogens is 458 g/mol. The second kappa shape index (κ2) is 10.2. The van der Waals surface area contributed by atoms with E-state index in [1.54, 1.807) is 27.9 Å². The SMILES string of the molecule is CCCc1ccc(-c2cn(C)c(=O)c3cc(CN4CCCC(C)(C(=O)N(C)C)C4)sc23)cc1OC. The van der Waals surface area contributed by atoms with Crippen molar-refractivity contribution >= 4 is 27.3 Å². The average Bonchev–Trinajstić information content (AvgIpc) is 3.25. The summed E-state index contributed by atoms with van der Waals surface area (Å²) in [5.74, 6) is 1.08. The van der Waals surface area contributed by atoms with Crippen LogP contribution in [0.25, 0.3) is 21.2 Å². The van der Waals surface area contributed by atoms with Crippen molar-refractivity contribution < 1.29 is 9.53 Å². The fraction of sp³-hybridized carbons (Fsp3) is 0.500. The van der Waals surface area contributed by atoms with Gasteiger partial charge in [0.2, 0.25) is 5.91 Å². The van der Waals surface area contributed by atoms with E-state index in [9.17, 15) is 9.59 Å². The van der Waals surface area contributed by atoms with Crippen LogP contribution in [0, 0.1) is 5.41 Å². The first-order valence-electron chi connectivity index (χ1n) is 12.4. The summed E-state index contributed by atoms with van der Waals surface area (Å²) in [5.41, 5.74) is 2.96. The number of amides is 1. The van der Waals surface area contributed by atoms with Crippen molar-refractivity contribution in [3.63, 3.8) is 0 Å². The number of ether oxygens (including phenoxy) is 1. The van der Waals surface area contributed by atoms with Crippen molar-refractivity contribution in [3.05, 3.63) is 51.3 Å². The maximum atomic E-state index is 13.0. The molecule has 2 aromatic heterocycles. The van der Waals surface area contributed by atoms with E-state index in [1.165, 1.54) is 5.56 Å². The van der Waals surface area contributed by atoms with Gasteiger partial charge in [0.15, 0.2) is 0 Å². The summed E-state index contributed by atoms with van der Waals surface area (Å²) in [6.07, 6.45) is 5.88. The Morgan fingerprint density at radius 3 is 2.71 bits per heavy atom. The number of nitrogens with zero attached hydrogens (tertiary/aromatic N) is 3. The van der Waals surface area contributed by atoms with Gasteiger partial charge in [-0.1, -0.05) is 25.5 Å². The lowest BCUT2D eigenvalue weighted by molar-refractivity contribution is -0.141. The molecule has 3 aromatic rings. The lowest BCUT2D eigenvalue weighted by atomic mass is 9.80. The molecule has 0 radical (unpaired) electrons. The Labute approximate surface area is 212 Å². The first-order chi connectivity index (χ1) is 16.7. The van der Waals surface area contributed by atoms with E-state index in [-0.39, 0.29) is 16.9 Å². The summed E-state index contributed by atoms with van der Waals surface area (Å²) < 4.78 is 8.37. The third-order valence-corrected chi connectivity index (χ3v) is 8.25. The minimum absolute atomic E-state index is 0.0205. The molecule has 0 spiro atoms. The number of benzene rings is 1. The average molecular weight is 496 g/mol. The number of aromatic nitrogens is 1. The number of thiophene rings is 1. The van der Waals surface area contributed by atoms with Crippen molar-refractivity contribution in [2.45, 2.75) is 46.1 Å². The number of hydrogen-bond donors (Lipinski definition) is 0. The Balaban J connectivity index is 1.69. The van der Waals surface area contributed by atoms with Gasteiger partial charge in [0, 0.05) is 55.6 Å². The van der Waals surface area contributed by atoms with E-state index in [4.69, 9.17) is 4.74 Å². The molecular formula is C28H37N3O3S. The van der Waals surface area contributed by atoms with Gasteiger partial charge in [-0.05, 0) is 56.0 Å². The van der Waals surface area contributed by atoms with Gasteiger partial charge < -0.3 is 14.2 Å². The summed E-state index contributed by atoms with van der Waals surface area (Å²) in [6, 6.07) is 8.41. The highest BCUT2D eigenvalue weighted by atomic mass is 32.1. The molecule has 1 atom stereocenters. The summed E-state index contributed by atoms with van der Waals surface area (Å²) in [7, 11) is 7.19. The number of piperidine rings is 1. The first kappa shape index (κ1) is 25.5. The monoisotopic (exact) mass is 495 g/mol. The highest BCUT2D eigenvalue weighted by Crippen LogP contribution is 2.37. The molecule has 6 nitrogen and oxygen atoms in total. The molecule has 4 rings (SSSR count). The van der Waals surface area contributed by atoms with Crippen LogP contribution in [0.5, 0.6) is 5.75 Å². The summed E-state index contributed by atoms with van der Waals surface area (Å²) in [4.78, 5) is 31.1. The second-order valence-corrected chi connectivity index (χ2v) is 11.4. The van der Waals surface area contributed by atoms with Gasteiger partial charge >= 0.3 is 0 Å². The highest BCUT2D eigenvalue weighted by molar-refractivity contribution is 7.19. The van der Waals surface area contributed by atoms with Crippen LogP contribution < -0.4 is 10.3 Å². The minimum Gasteiger partial charge on any atom is -0.496 e. The Morgan fingerprint density at radius 2 is 2.03 bits per heavy atom. The van der Waals surface area contributed by atoms with E-state index >= 15 is 0 Å². The van der Waals surface area contributed by atoms with E-state index in [0.717, 1.165) is 77.2 Å². The number of hydrogen-bond acceptors (Lipinski definition) is 5. The molecule has 1 aromatic carbocycles. The van der Waals surface area contributed by atoms with Crippen LogP contribution in [0.15, 0.2) is 35.3 Å². The van der Waals surface area contributed by atoms with Crippen molar-refractivity contribution in [2.75, 3.05) is 34.3 Å². The minimum atomic E-state index is -0.365. The molecule has 1 aliphatic rings. The van der Waals surface area contributed by atoms with Crippen molar-refractivity contribution in [1.29, 1.82) is 0 Å². The molecule has 3 heterocycles. The summed E-state index contributed by atoms with van der Waals surface area (Å²) >= 11 is 1.69. The number of carbonyl (C=O) groups is 1. The molecule has 1 saturated heterocycles. The predicted octanol–water partition coefficient (Wildman–Crippen LogP) is 4.92. The highest BCUT2D eigenvalue weighted by Gasteiger charge is 2.38. The molecule has 0 N–H and O–H groups in total. The molecule has 7 heteroatoms. The molecule has 1 unspecified atom stereocenters. The number of methoxy groups -OCH3 is 1. The van der Waals surface area contributed by atoms with E-state index in [0.29, 0.717) is 0 Å². The van der Waals surface area contributed by atoms with Crippen molar-refractivity contribution in [3.8, 4) is 16.9 Å². The Kier molecular flexibility index (Phi) is 7.38. The number of likely N-dealkylation sites (tertiary alicyclic amines) is 1. The first-order valence-corrected chi connectivity index (χ1v) is 13.2. The zero-order valence-corrected chi connectivity index (χ0v) is 22.6. The third kappa shape index (κ3) is 5.02. The molecule has 35 heavy (non-hydrogen) atoms. The van der Waals surface area contributed by atoms with E-state index in [2.05, 4.69) is 36.9 Å². The van der Waals surface area contributed by atoms with Gasteiger partial charge in [-0.15, -0.1) is 11.3 Å². The van der Waals surface area contributed by atoms with E-state index < -0.39 is 0 Å². The predicted molar refractivity (Wildman–Crippen MR) is 144 cm³/mol. The maximum Gasteiger partial charge on any atom is 0.259 e. The topological polar surface area (TPSA) is 54.8 Å². The zero-order chi connectivity index (χ0) is 25.3. The summed E-state index contributed by atoms with van der Waals surface area (Å²) in [5, 5.41) is 0.755. The molecule has 1 aliphatic heterocycles. The molecule has 0 bridgehead atoms. The smallest absolute Gasteiger partial charge is 0.259 e. The molecule has 1 amide bonds. The fourth-order valence-electron chi connectivity index (χ4n) is 5.39.